The average molecular weight is 310 g/mol. The van der Waals surface area contributed by atoms with Crippen LogP contribution in [0.15, 0.2) is 5.03 Å². The maximum atomic E-state index is 11.6. The van der Waals surface area contributed by atoms with E-state index in [4.69, 9.17) is 4.74 Å². The molecule has 1 aromatic heterocycles. The molecule has 1 aliphatic carbocycles. The SMILES string of the molecule is Cc1nc(C2CC2)nc(SCC(=O)OC(C)C)c1C(=O)O. The quantitative estimate of drug-likeness (QED) is 0.490. The third-order valence-corrected chi connectivity index (χ3v) is 3.87. The summed E-state index contributed by atoms with van der Waals surface area (Å²) < 4.78 is 5.04. The first-order valence-corrected chi connectivity index (χ1v) is 7.81. The Hall–Kier alpha value is -1.63. The van der Waals surface area contributed by atoms with E-state index in [1.165, 1.54) is 0 Å². The van der Waals surface area contributed by atoms with Crippen LogP contribution in [0.4, 0.5) is 0 Å². The summed E-state index contributed by atoms with van der Waals surface area (Å²) in [6, 6.07) is 0. The van der Waals surface area contributed by atoms with E-state index in [0.717, 1.165) is 24.6 Å². The molecular formula is C14H18N2O4S. The number of aryl methyl sites for hydroxylation is 1. The minimum atomic E-state index is -1.07. The summed E-state index contributed by atoms with van der Waals surface area (Å²) in [7, 11) is 0. The number of ether oxygens (including phenoxy) is 1. The molecule has 0 atom stereocenters. The van der Waals surface area contributed by atoms with Gasteiger partial charge in [-0.05, 0) is 33.6 Å². The Morgan fingerprint density at radius 2 is 2.05 bits per heavy atom. The van der Waals surface area contributed by atoms with Gasteiger partial charge in [0.05, 0.1) is 17.6 Å². The van der Waals surface area contributed by atoms with Crippen LogP contribution in [0.2, 0.25) is 0 Å². The molecule has 0 bridgehead atoms. The molecule has 0 radical (unpaired) electrons. The van der Waals surface area contributed by atoms with Gasteiger partial charge in [-0.2, -0.15) is 0 Å². The molecule has 1 N–H and O–H groups in total. The number of thioether (sulfide) groups is 1. The van der Waals surface area contributed by atoms with Gasteiger partial charge in [-0.1, -0.05) is 11.8 Å². The first-order valence-electron chi connectivity index (χ1n) is 6.82. The van der Waals surface area contributed by atoms with E-state index in [0.29, 0.717) is 22.5 Å². The molecule has 1 saturated carbocycles. The summed E-state index contributed by atoms with van der Waals surface area (Å²) in [5.74, 6) is -0.408. The molecule has 0 spiro atoms. The second-order valence-electron chi connectivity index (χ2n) is 5.25. The fraction of sp³-hybridized carbons (Fsp3) is 0.571. The number of carbonyl (C=O) groups excluding carboxylic acids is 1. The largest absolute Gasteiger partial charge is 0.478 e. The van der Waals surface area contributed by atoms with Gasteiger partial charge in [0.25, 0.3) is 0 Å². The number of nitrogens with zero attached hydrogens (tertiary/aromatic N) is 2. The number of rotatable bonds is 6. The molecule has 114 valence electrons. The Morgan fingerprint density at radius 1 is 1.38 bits per heavy atom. The van der Waals surface area contributed by atoms with E-state index in [1.54, 1.807) is 20.8 Å². The van der Waals surface area contributed by atoms with Crippen molar-refractivity contribution in [2.75, 3.05) is 5.75 Å². The van der Waals surface area contributed by atoms with Crippen LogP contribution in [0.3, 0.4) is 0 Å². The Labute approximate surface area is 127 Å². The van der Waals surface area contributed by atoms with Crippen molar-refractivity contribution in [1.29, 1.82) is 0 Å². The number of carbonyl (C=O) groups is 2. The molecule has 0 aromatic carbocycles. The molecular weight excluding hydrogens is 292 g/mol. The molecule has 1 heterocycles. The topological polar surface area (TPSA) is 89.4 Å². The van der Waals surface area contributed by atoms with Crippen molar-refractivity contribution >= 4 is 23.7 Å². The molecule has 0 amide bonds. The summed E-state index contributed by atoms with van der Waals surface area (Å²) in [5.41, 5.74) is 0.515. The average Bonchev–Trinajstić information content (AvgIpc) is 3.18. The summed E-state index contributed by atoms with van der Waals surface area (Å²) in [6.45, 7) is 5.20. The van der Waals surface area contributed by atoms with Gasteiger partial charge in [-0.25, -0.2) is 14.8 Å². The maximum Gasteiger partial charge on any atom is 0.340 e. The van der Waals surface area contributed by atoms with E-state index in [1.807, 2.05) is 0 Å². The highest BCUT2D eigenvalue weighted by Gasteiger charge is 2.29. The fourth-order valence-corrected chi connectivity index (χ4v) is 2.73. The van der Waals surface area contributed by atoms with Crippen LogP contribution in [0, 0.1) is 6.92 Å². The van der Waals surface area contributed by atoms with E-state index >= 15 is 0 Å². The van der Waals surface area contributed by atoms with Gasteiger partial charge in [0, 0.05) is 5.92 Å². The fourth-order valence-electron chi connectivity index (χ4n) is 1.87. The highest BCUT2D eigenvalue weighted by molar-refractivity contribution is 8.00. The van der Waals surface area contributed by atoms with E-state index in [2.05, 4.69) is 9.97 Å². The van der Waals surface area contributed by atoms with E-state index in [9.17, 15) is 14.7 Å². The normalized spacial score (nSPS) is 14.3. The molecule has 0 unspecified atom stereocenters. The second-order valence-corrected chi connectivity index (χ2v) is 6.22. The highest BCUT2D eigenvalue weighted by atomic mass is 32.2. The molecule has 0 aliphatic heterocycles. The lowest BCUT2D eigenvalue weighted by Crippen LogP contribution is -2.15. The van der Waals surface area contributed by atoms with Gasteiger partial charge in [0.1, 0.15) is 16.4 Å². The number of carboxylic acids is 1. The summed E-state index contributed by atoms with van der Waals surface area (Å²) in [6.07, 6.45) is 1.88. The Bertz CT molecular complexity index is 570. The zero-order valence-electron chi connectivity index (χ0n) is 12.3. The molecule has 6 nitrogen and oxygen atoms in total. The van der Waals surface area contributed by atoms with Crippen molar-refractivity contribution in [3.8, 4) is 0 Å². The minimum Gasteiger partial charge on any atom is -0.478 e. The molecule has 1 aromatic rings. The number of aromatic nitrogens is 2. The third-order valence-electron chi connectivity index (χ3n) is 2.92. The monoisotopic (exact) mass is 310 g/mol. The number of aromatic carboxylic acids is 1. The van der Waals surface area contributed by atoms with Gasteiger partial charge in [0.15, 0.2) is 0 Å². The lowest BCUT2D eigenvalue weighted by Gasteiger charge is -2.11. The minimum absolute atomic E-state index is 0.0407. The molecule has 0 saturated heterocycles. The zero-order chi connectivity index (χ0) is 15.6. The van der Waals surface area contributed by atoms with Crippen LogP contribution < -0.4 is 0 Å². The Morgan fingerprint density at radius 3 is 2.57 bits per heavy atom. The predicted octanol–water partition coefficient (Wildman–Crippen LogP) is 2.40. The zero-order valence-corrected chi connectivity index (χ0v) is 13.1. The van der Waals surface area contributed by atoms with Gasteiger partial charge < -0.3 is 9.84 Å². The van der Waals surface area contributed by atoms with Crippen LogP contribution >= 0.6 is 11.8 Å². The van der Waals surface area contributed by atoms with Crippen molar-refractivity contribution in [1.82, 2.24) is 9.97 Å². The second kappa shape index (κ2) is 6.43. The first-order chi connectivity index (χ1) is 9.88. The number of hydrogen-bond donors (Lipinski definition) is 1. The van der Waals surface area contributed by atoms with E-state index in [-0.39, 0.29) is 23.4 Å². The summed E-state index contributed by atoms with van der Waals surface area (Å²) in [4.78, 5) is 31.5. The first kappa shape index (κ1) is 15.8. The van der Waals surface area contributed by atoms with Gasteiger partial charge in [-0.3, -0.25) is 4.79 Å². The van der Waals surface area contributed by atoms with Crippen molar-refractivity contribution in [2.24, 2.45) is 0 Å². The van der Waals surface area contributed by atoms with Gasteiger partial charge >= 0.3 is 11.9 Å². The smallest absolute Gasteiger partial charge is 0.340 e. The van der Waals surface area contributed by atoms with Crippen LogP contribution in [-0.4, -0.2) is 38.9 Å². The van der Waals surface area contributed by atoms with Gasteiger partial charge in [-0.15, -0.1) is 0 Å². The van der Waals surface area contributed by atoms with Crippen molar-refractivity contribution in [2.45, 2.75) is 50.7 Å². The highest BCUT2D eigenvalue weighted by Crippen LogP contribution is 2.39. The summed E-state index contributed by atoms with van der Waals surface area (Å²) >= 11 is 1.09. The predicted molar refractivity (Wildman–Crippen MR) is 77.7 cm³/mol. The number of carboxylic acid groups (broad SMARTS) is 1. The maximum absolute atomic E-state index is 11.6. The number of esters is 1. The van der Waals surface area contributed by atoms with E-state index < -0.39 is 5.97 Å². The lowest BCUT2D eigenvalue weighted by atomic mass is 10.2. The molecule has 1 fully saturated rings. The van der Waals surface area contributed by atoms with Crippen molar-refractivity contribution in [3.05, 3.63) is 17.1 Å². The van der Waals surface area contributed by atoms with Crippen LogP contribution in [0.25, 0.3) is 0 Å². The van der Waals surface area contributed by atoms with Crippen molar-refractivity contribution < 1.29 is 19.4 Å². The lowest BCUT2D eigenvalue weighted by molar-refractivity contribution is -0.144. The standard InChI is InChI=1S/C14H18N2O4S/c1-7(2)20-10(17)6-21-13-11(14(18)19)8(3)15-12(16-13)9-4-5-9/h7,9H,4-6H2,1-3H3,(H,18,19). The Kier molecular flexibility index (Phi) is 4.82. The van der Waals surface area contributed by atoms with Crippen LogP contribution in [-0.2, 0) is 9.53 Å². The van der Waals surface area contributed by atoms with Crippen molar-refractivity contribution in [3.63, 3.8) is 0 Å². The molecule has 7 heteroatoms. The molecule has 21 heavy (non-hydrogen) atoms. The summed E-state index contributed by atoms with van der Waals surface area (Å²) in [5, 5.41) is 9.64. The third kappa shape index (κ3) is 4.17. The molecule has 2 rings (SSSR count). The number of hydrogen-bond acceptors (Lipinski definition) is 6. The van der Waals surface area contributed by atoms with Crippen LogP contribution in [0.1, 0.15) is 54.5 Å². The van der Waals surface area contributed by atoms with Crippen LogP contribution in [0.5, 0.6) is 0 Å². The molecule has 1 aliphatic rings. The Balaban J connectivity index is 2.19. The van der Waals surface area contributed by atoms with Gasteiger partial charge in [0.2, 0.25) is 0 Å².